The smallest absolute Gasteiger partial charge is 0.332 e. The second kappa shape index (κ2) is 7.96. The number of morpholine rings is 1. The number of rotatable bonds is 5. The summed E-state index contributed by atoms with van der Waals surface area (Å²) in [5, 5.41) is 6.50. The van der Waals surface area contributed by atoms with Crippen molar-refractivity contribution in [3.05, 3.63) is 33.0 Å². The van der Waals surface area contributed by atoms with Crippen molar-refractivity contribution < 1.29 is 4.74 Å². The molecule has 0 aliphatic carbocycles. The lowest BCUT2D eigenvalue weighted by atomic mass is 10.3. The molecule has 2 aliphatic heterocycles. The summed E-state index contributed by atoms with van der Waals surface area (Å²) >= 11 is 0. The van der Waals surface area contributed by atoms with Crippen molar-refractivity contribution in [1.82, 2.24) is 23.6 Å². The Hall–Kier alpha value is -2.72. The fourth-order valence-corrected chi connectivity index (χ4v) is 3.80. The van der Waals surface area contributed by atoms with Crippen molar-refractivity contribution in [1.29, 1.82) is 0 Å². The van der Waals surface area contributed by atoms with Gasteiger partial charge in [0.15, 0.2) is 11.2 Å². The first-order valence-electron chi connectivity index (χ1n) is 9.94. The largest absolute Gasteiger partial charge is 0.379 e. The van der Waals surface area contributed by atoms with Gasteiger partial charge in [-0.25, -0.2) is 9.80 Å². The maximum atomic E-state index is 13.1. The average molecular weight is 401 g/mol. The van der Waals surface area contributed by atoms with E-state index in [-0.39, 0.29) is 17.8 Å². The average Bonchev–Trinajstić information content (AvgIpc) is 3.11. The van der Waals surface area contributed by atoms with Crippen molar-refractivity contribution in [3.63, 3.8) is 0 Å². The molecule has 0 aromatic carbocycles. The molecule has 0 amide bonds. The predicted molar refractivity (Wildman–Crippen MR) is 112 cm³/mol. The van der Waals surface area contributed by atoms with Gasteiger partial charge in [0.25, 0.3) is 5.56 Å². The topological polar surface area (TPSA) is 89.9 Å². The number of anilines is 1. The van der Waals surface area contributed by atoms with Gasteiger partial charge >= 0.3 is 5.69 Å². The Labute approximate surface area is 168 Å². The van der Waals surface area contributed by atoms with E-state index in [1.165, 1.54) is 9.13 Å². The SMILES string of the molecule is CC=CCn1c(=O)c2c(nc3n2CC(C)=NN3CCN2CCOCC2)n(C)c1=O. The Morgan fingerprint density at radius 1 is 1.17 bits per heavy atom. The number of hydrogen-bond acceptors (Lipinski definition) is 7. The third-order valence-corrected chi connectivity index (χ3v) is 5.38. The molecule has 10 heteroatoms. The van der Waals surface area contributed by atoms with Crippen LogP contribution >= 0.6 is 0 Å². The van der Waals surface area contributed by atoms with E-state index in [1.54, 1.807) is 13.1 Å². The van der Waals surface area contributed by atoms with Crippen LogP contribution in [0.25, 0.3) is 11.2 Å². The first-order chi connectivity index (χ1) is 14.0. The highest BCUT2D eigenvalue weighted by atomic mass is 16.5. The number of nitrogens with zero attached hydrogens (tertiary/aromatic N) is 7. The van der Waals surface area contributed by atoms with Crippen LogP contribution in [0.4, 0.5) is 5.95 Å². The number of ether oxygens (including phenoxy) is 1. The van der Waals surface area contributed by atoms with Gasteiger partial charge in [0.2, 0.25) is 5.95 Å². The number of aromatic nitrogens is 4. The highest BCUT2D eigenvalue weighted by Crippen LogP contribution is 2.23. The summed E-state index contributed by atoms with van der Waals surface area (Å²) in [4.78, 5) is 32.8. The van der Waals surface area contributed by atoms with Gasteiger partial charge in [0.05, 0.1) is 32.0 Å². The predicted octanol–water partition coefficient (Wildman–Crippen LogP) is 0.000900. The van der Waals surface area contributed by atoms with Gasteiger partial charge in [0.1, 0.15) is 0 Å². The molecule has 156 valence electrons. The molecule has 2 aliphatic rings. The fraction of sp³-hybridized carbons (Fsp3) is 0.579. The van der Waals surface area contributed by atoms with E-state index in [1.807, 2.05) is 29.5 Å². The lowest BCUT2D eigenvalue weighted by Crippen LogP contribution is -2.42. The molecule has 0 spiro atoms. The molecule has 0 unspecified atom stereocenters. The van der Waals surface area contributed by atoms with Crippen molar-refractivity contribution in [2.45, 2.75) is 26.9 Å². The standard InChI is InChI=1S/C19H27N7O3/c1-4-5-6-24-17(27)15-16(22(3)19(24)28)20-18-25(15)13-14(2)21-26(18)8-7-23-9-11-29-12-10-23/h4-5H,6-13H2,1-3H3. The monoisotopic (exact) mass is 401 g/mol. The summed E-state index contributed by atoms with van der Waals surface area (Å²) in [6, 6.07) is 0. The number of hydrogen-bond donors (Lipinski definition) is 0. The van der Waals surface area contributed by atoms with Gasteiger partial charge in [-0.05, 0) is 13.8 Å². The molecule has 2 aromatic heterocycles. The minimum Gasteiger partial charge on any atom is -0.379 e. The first kappa shape index (κ1) is 19.6. The maximum Gasteiger partial charge on any atom is 0.332 e. The van der Waals surface area contributed by atoms with Crippen LogP contribution in [-0.4, -0.2) is 68.7 Å². The van der Waals surface area contributed by atoms with Crippen molar-refractivity contribution in [3.8, 4) is 0 Å². The van der Waals surface area contributed by atoms with Gasteiger partial charge in [-0.3, -0.25) is 23.4 Å². The molecule has 0 N–H and O–H groups in total. The number of aryl methyl sites for hydroxylation is 1. The van der Waals surface area contributed by atoms with Gasteiger partial charge in [-0.1, -0.05) is 12.2 Å². The minimum atomic E-state index is -0.367. The van der Waals surface area contributed by atoms with E-state index in [9.17, 15) is 9.59 Å². The molecule has 0 saturated carbocycles. The second-order valence-electron chi connectivity index (χ2n) is 7.41. The van der Waals surface area contributed by atoms with E-state index in [0.29, 0.717) is 30.2 Å². The fourth-order valence-electron chi connectivity index (χ4n) is 3.80. The maximum absolute atomic E-state index is 13.1. The number of hydrazone groups is 1. The first-order valence-corrected chi connectivity index (χ1v) is 9.94. The van der Waals surface area contributed by atoms with Crippen LogP contribution in [0.2, 0.25) is 0 Å². The Balaban J connectivity index is 1.75. The van der Waals surface area contributed by atoms with E-state index in [0.717, 1.165) is 38.6 Å². The zero-order valence-electron chi connectivity index (χ0n) is 17.2. The number of allylic oxidation sites excluding steroid dienone is 2. The molecule has 29 heavy (non-hydrogen) atoms. The van der Waals surface area contributed by atoms with Crippen molar-refractivity contribution in [2.75, 3.05) is 44.4 Å². The lowest BCUT2D eigenvalue weighted by molar-refractivity contribution is 0.0391. The molecule has 0 atom stereocenters. The quantitative estimate of drug-likeness (QED) is 0.656. The highest BCUT2D eigenvalue weighted by Gasteiger charge is 2.26. The molecule has 0 radical (unpaired) electrons. The van der Waals surface area contributed by atoms with Gasteiger partial charge in [0, 0.05) is 33.2 Å². The van der Waals surface area contributed by atoms with Gasteiger partial charge in [-0.2, -0.15) is 10.1 Å². The molecule has 4 heterocycles. The van der Waals surface area contributed by atoms with Crippen LogP contribution in [0.3, 0.4) is 0 Å². The normalized spacial score (nSPS) is 17.9. The summed E-state index contributed by atoms with van der Waals surface area (Å²) in [6.07, 6.45) is 3.62. The summed E-state index contributed by atoms with van der Waals surface area (Å²) in [7, 11) is 1.65. The Kier molecular flexibility index (Phi) is 5.37. The van der Waals surface area contributed by atoms with E-state index < -0.39 is 0 Å². The highest BCUT2D eigenvalue weighted by molar-refractivity contribution is 5.87. The zero-order valence-corrected chi connectivity index (χ0v) is 17.2. The third-order valence-electron chi connectivity index (χ3n) is 5.38. The van der Waals surface area contributed by atoms with Crippen LogP contribution in [0.1, 0.15) is 13.8 Å². The van der Waals surface area contributed by atoms with Crippen LogP contribution in [0.5, 0.6) is 0 Å². The summed E-state index contributed by atoms with van der Waals surface area (Å²) in [5.74, 6) is 0.606. The molecule has 0 bridgehead atoms. The Morgan fingerprint density at radius 3 is 2.66 bits per heavy atom. The Bertz CT molecular complexity index is 1090. The second-order valence-corrected chi connectivity index (χ2v) is 7.41. The van der Waals surface area contributed by atoms with Crippen molar-refractivity contribution >= 4 is 22.8 Å². The van der Waals surface area contributed by atoms with Crippen LogP contribution < -0.4 is 16.3 Å². The minimum absolute atomic E-state index is 0.242. The van der Waals surface area contributed by atoms with Crippen LogP contribution in [0.15, 0.2) is 26.8 Å². The van der Waals surface area contributed by atoms with Crippen LogP contribution in [-0.2, 0) is 24.9 Å². The molecule has 2 aromatic rings. The molecular formula is C19H27N7O3. The summed E-state index contributed by atoms with van der Waals surface area (Å²) < 4.78 is 9.98. The van der Waals surface area contributed by atoms with E-state index in [4.69, 9.17) is 4.74 Å². The summed E-state index contributed by atoms with van der Waals surface area (Å²) in [5.41, 5.74) is 1.05. The molecule has 4 rings (SSSR count). The van der Waals surface area contributed by atoms with Gasteiger partial charge in [-0.15, -0.1) is 0 Å². The van der Waals surface area contributed by atoms with Gasteiger partial charge < -0.3 is 4.74 Å². The Morgan fingerprint density at radius 2 is 1.93 bits per heavy atom. The number of imidazole rings is 1. The lowest BCUT2D eigenvalue weighted by Gasteiger charge is -2.30. The summed E-state index contributed by atoms with van der Waals surface area (Å²) in [6.45, 7) is 9.30. The molecule has 1 fully saturated rings. The zero-order chi connectivity index (χ0) is 20.5. The molecule has 1 saturated heterocycles. The van der Waals surface area contributed by atoms with Crippen molar-refractivity contribution in [2.24, 2.45) is 12.1 Å². The third kappa shape index (κ3) is 3.53. The molecular weight excluding hydrogens is 374 g/mol. The molecule has 10 nitrogen and oxygen atoms in total. The van der Waals surface area contributed by atoms with E-state index in [2.05, 4.69) is 15.0 Å². The van der Waals surface area contributed by atoms with E-state index >= 15 is 0 Å². The van der Waals surface area contributed by atoms with Crippen LogP contribution in [0, 0.1) is 0 Å². The number of fused-ring (bicyclic) bond motifs is 3.